The molecule has 0 saturated heterocycles. The van der Waals surface area contributed by atoms with Gasteiger partial charge in [-0.25, -0.2) is 22.3 Å². The second-order valence-electron chi connectivity index (χ2n) is 5.91. The van der Waals surface area contributed by atoms with Crippen molar-refractivity contribution in [2.24, 2.45) is 5.14 Å². The van der Waals surface area contributed by atoms with E-state index in [4.69, 9.17) is 5.14 Å². The fraction of sp³-hybridized carbons (Fsp3) is 0.538. The molecule has 0 aliphatic heterocycles. The fourth-order valence-electron chi connectivity index (χ4n) is 2.51. The Labute approximate surface area is 136 Å². The third-order valence-electron chi connectivity index (χ3n) is 4.01. The molecule has 24 heavy (non-hydrogen) atoms. The van der Waals surface area contributed by atoms with Crippen molar-refractivity contribution in [1.29, 1.82) is 0 Å². The quantitative estimate of drug-likeness (QED) is 0.535. The minimum Gasteiger partial charge on any atom is -0.388 e. The lowest BCUT2D eigenvalue weighted by Crippen LogP contribution is -2.43. The van der Waals surface area contributed by atoms with E-state index in [1.54, 1.807) is 0 Å². The number of primary sulfonamides is 1. The van der Waals surface area contributed by atoms with Crippen molar-refractivity contribution in [1.82, 2.24) is 0 Å². The van der Waals surface area contributed by atoms with Gasteiger partial charge in [-0.05, 0) is 25.0 Å². The van der Waals surface area contributed by atoms with Crippen molar-refractivity contribution in [3.8, 4) is 0 Å². The molecule has 0 heterocycles. The van der Waals surface area contributed by atoms with Crippen LogP contribution in [0, 0.1) is 10.1 Å². The zero-order valence-electron chi connectivity index (χ0n) is 12.5. The highest BCUT2D eigenvalue weighted by molar-refractivity contribution is 7.89. The molecular formula is C13H17F2N3O5S. The van der Waals surface area contributed by atoms with E-state index >= 15 is 0 Å². The van der Waals surface area contributed by atoms with E-state index in [-0.39, 0.29) is 25.1 Å². The van der Waals surface area contributed by atoms with Crippen molar-refractivity contribution in [3.05, 3.63) is 28.3 Å². The Morgan fingerprint density at radius 3 is 2.38 bits per heavy atom. The standard InChI is InChI=1S/C13H17F2N3O5S/c14-13(15)5-3-12(19,4-6-13)8-17-10-2-1-9(24(16,22)23)7-11(10)18(20)21/h1-2,7,17,19H,3-6,8H2,(H2,16,22,23). The van der Waals surface area contributed by atoms with Crippen LogP contribution >= 0.6 is 0 Å². The van der Waals surface area contributed by atoms with Crippen LogP contribution in [-0.4, -0.2) is 36.5 Å². The van der Waals surface area contributed by atoms with E-state index < -0.39 is 49.9 Å². The number of hydrogen-bond acceptors (Lipinski definition) is 6. The number of aliphatic hydroxyl groups is 1. The summed E-state index contributed by atoms with van der Waals surface area (Å²) in [6, 6.07) is 3.04. The molecular weight excluding hydrogens is 348 g/mol. The van der Waals surface area contributed by atoms with Crippen LogP contribution in [0.25, 0.3) is 0 Å². The van der Waals surface area contributed by atoms with Crippen molar-refractivity contribution < 1.29 is 27.2 Å². The lowest BCUT2D eigenvalue weighted by Gasteiger charge is -2.36. The highest BCUT2D eigenvalue weighted by Gasteiger charge is 2.42. The molecule has 0 atom stereocenters. The first kappa shape index (κ1) is 18.5. The molecule has 4 N–H and O–H groups in total. The van der Waals surface area contributed by atoms with Crippen LogP contribution in [-0.2, 0) is 10.0 Å². The van der Waals surface area contributed by atoms with Gasteiger partial charge in [0, 0.05) is 25.5 Å². The molecule has 134 valence electrons. The minimum absolute atomic E-state index is 0.0295. The molecule has 1 fully saturated rings. The van der Waals surface area contributed by atoms with E-state index in [1.807, 2.05) is 0 Å². The predicted molar refractivity (Wildman–Crippen MR) is 81.3 cm³/mol. The van der Waals surface area contributed by atoms with E-state index in [0.717, 1.165) is 18.2 Å². The first-order chi connectivity index (χ1) is 10.9. The van der Waals surface area contributed by atoms with Crippen LogP contribution < -0.4 is 10.5 Å². The first-order valence-corrected chi connectivity index (χ1v) is 8.62. The predicted octanol–water partition coefficient (Wildman–Crippen LogP) is 1.59. The summed E-state index contributed by atoms with van der Waals surface area (Å²) in [4.78, 5) is 9.87. The maximum atomic E-state index is 13.1. The highest BCUT2D eigenvalue weighted by atomic mass is 32.2. The molecule has 2 rings (SSSR count). The molecule has 8 nitrogen and oxygen atoms in total. The average Bonchev–Trinajstić information content (AvgIpc) is 2.48. The Kier molecular flexibility index (Phi) is 4.79. The third kappa shape index (κ3) is 4.36. The maximum Gasteiger partial charge on any atom is 0.293 e. The van der Waals surface area contributed by atoms with Crippen LogP contribution in [0.2, 0.25) is 0 Å². The second-order valence-corrected chi connectivity index (χ2v) is 7.48. The number of nitrogens with two attached hydrogens (primary N) is 1. The molecule has 1 saturated carbocycles. The molecule has 1 aliphatic carbocycles. The van der Waals surface area contributed by atoms with Crippen LogP contribution in [0.3, 0.4) is 0 Å². The zero-order valence-corrected chi connectivity index (χ0v) is 13.4. The Morgan fingerprint density at radius 2 is 1.88 bits per heavy atom. The van der Waals surface area contributed by atoms with Crippen molar-refractivity contribution in [2.45, 2.75) is 42.1 Å². The van der Waals surface area contributed by atoms with Crippen molar-refractivity contribution >= 4 is 21.4 Å². The van der Waals surface area contributed by atoms with Crippen molar-refractivity contribution in [2.75, 3.05) is 11.9 Å². The number of rotatable bonds is 5. The van der Waals surface area contributed by atoms with Gasteiger partial charge in [0.15, 0.2) is 0 Å². The maximum absolute atomic E-state index is 13.1. The summed E-state index contributed by atoms with van der Waals surface area (Å²) in [5.41, 5.74) is -1.97. The van der Waals surface area contributed by atoms with Gasteiger partial charge < -0.3 is 10.4 Å². The Bertz CT molecular complexity index is 744. The number of sulfonamides is 1. The topological polar surface area (TPSA) is 136 Å². The van der Waals surface area contributed by atoms with Gasteiger partial charge in [0.25, 0.3) is 5.69 Å². The molecule has 0 aromatic heterocycles. The van der Waals surface area contributed by atoms with Gasteiger partial charge in [0.2, 0.25) is 15.9 Å². The van der Waals surface area contributed by atoms with Gasteiger partial charge >= 0.3 is 0 Å². The molecule has 1 aromatic carbocycles. The zero-order chi connectivity index (χ0) is 18.2. The van der Waals surface area contributed by atoms with Crippen LogP contribution in [0.1, 0.15) is 25.7 Å². The molecule has 0 unspecified atom stereocenters. The molecule has 1 aliphatic rings. The SMILES string of the molecule is NS(=O)(=O)c1ccc(NCC2(O)CCC(F)(F)CC2)c([N+](=O)[O-])c1. The lowest BCUT2D eigenvalue weighted by atomic mass is 9.82. The summed E-state index contributed by atoms with van der Waals surface area (Å²) in [5, 5.41) is 29.0. The van der Waals surface area contributed by atoms with Crippen LogP contribution in [0.4, 0.5) is 20.2 Å². The molecule has 0 amide bonds. The minimum atomic E-state index is -4.10. The number of hydrogen-bond donors (Lipinski definition) is 3. The van der Waals surface area contributed by atoms with Crippen molar-refractivity contribution in [3.63, 3.8) is 0 Å². The fourth-order valence-corrected chi connectivity index (χ4v) is 3.04. The summed E-state index contributed by atoms with van der Waals surface area (Å²) < 4.78 is 48.8. The molecule has 11 heteroatoms. The monoisotopic (exact) mass is 365 g/mol. The van der Waals surface area contributed by atoms with Gasteiger partial charge in [0.1, 0.15) is 5.69 Å². The number of halogens is 2. The Morgan fingerprint density at radius 1 is 1.29 bits per heavy atom. The summed E-state index contributed by atoms with van der Waals surface area (Å²) in [7, 11) is -4.10. The Hall–Kier alpha value is -1.85. The molecule has 0 bridgehead atoms. The number of anilines is 1. The molecule has 0 radical (unpaired) electrons. The Balaban J connectivity index is 2.17. The number of benzene rings is 1. The van der Waals surface area contributed by atoms with Gasteiger partial charge in [-0.15, -0.1) is 0 Å². The van der Waals surface area contributed by atoms with Gasteiger partial charge in [-0.1, -0.05) is 0 Å². The number of nitro groups is 1. The number of nitro benzene ring substituents is 1. The summed E-state index contributed by atoms with van der Waals surface area (Å²) in [6.45, 7) is -0.168. The summed E-state index contributed by atoms with van der Waals surface area (Å²) in [5.74, 6) is -2.81. The molecule has 0 spiro atoms. The largest absolute Gasteiger partial charge is 0.388 e. The molecule has 1 aromatic rings. The average molecular weight is 365 g/mol. The number of nitrogens with zero attached hydrogens (tertiary/aromatic N) is 1. The normalized spacial score (nSPS) is 19.7. The van der Waals surface area contributed by atoms with E-state index in [2.05, 4.69) is 5.32 Å². The van der Waals surface area contributed by atoms with E-state index in [0.29, 0.717) is 0 Å². The number of alkyl halides is 2. The van der Waals surface area contributed by atoms with Crippen LogP contribution in [0.5, 0.6) is 0 Å². The highest BCUT2D eigenvalue weighted by Crippen LogP contribution is 2.39. The lowest BCUT2D eigenvalue weighted by molar-refractivity contribution is -0.384. The van der Waals surface area contributed by atoms with Gasteiger partial charge in [-0.3, -0.25) is 10.1 Å². The van der Waals surface area contributed by atoms with E-state index in [9.17, 15) is 32.4 Å². The number of nitrogens with one attached hydrogen (secondary N) is 1. The van der Waals surface area contributed by atoms with Crippen LogP contribution in [0.15, 0.2) is 23.1 Å². The smallest absolute Gasteiger partial charge is 0.293 e. The third-order valence-corrected chi connectivity index (χ3v) is 4.93. The van der Waals surface area contributed by atoms with Gasteiger partial charge in [0.05, 0.1) is 15.4 Å². The first-order valence-electron chi connectivity index (χ1n) is 7.07. The summed E-state index contributed by atoms with van der Waals surface area (Å²) >= 11 is 0. The van der Waals surface area contributed by atoms with E-state index in [1.165, 1.54) is 0 Å². The second kappa shape index (κ2) is 6.22. The summed E-state index contributed by atoms with van der Waals surface area (Å²) in [6.07, 6.45) is -1.21. The van der Waals surface area contributed by atoms with Gasteiger partial charge in [-0.2, -0.15) is 0 Å².